The molecule has 0 radical (unpaired) electrons. The van der Waals surface area contributed by atoms with Gasteiger partial charge in [-0.25, -0.2) is 4.98 Å². The van der Waals surface area contributed by atoms with Crippen molar-refractivity contribution in [2.45, 2.75) is 19.4 Å². The molecule has 0 saturated carbocycles. The zero-order valence-electron chi connectivity index (χ0n) is 16.3. The number of benzene rings is 3. The summed E-state index contributed by atoms with van der Waals surface area (Å²) in [6.07, 6.45) is 0. The monoisotopic (exact) mass is 440 g/mol. The summed E-state index contributed by atoms with van der Waals surface area (Å²) in [5.74, 6) is 0.611. The maximum Gasteiger partial charge on any atom is 0.267 e. The van der Waals surface area contributed by atoms with E-state index in [1.54, 1.807) is 56.3 Å². The van der Waals surface area contributed by atoms with Gasteiger partial charge < -0.3 is 14.5 Å². The molecule has 1 amide bonds. The number of rotatable bonds is 5. The van der Waals surface area contributed by atoms with E-state index in [0.29, 0.717) is 38.5 Å². The maximum absolute atomic E-state index is 12.8. The van der Waals surface area contributed by atoms with Gasteiger partial charge in [-0.05, 0) is 68.4 Å². The molecule has 0 saturated heterocycles. The fourth-order valence-corrected chi connectivity index (χ4v) is 3.20. The van der Waals surface area contributed by atoms with E-state index in [1.807, 2.05) is 24.3 Å². The Morgan fingerprint density at radius 3 is 2.50 bits per heavy atom. The van der Waals surface area contributed by atoms with Crippen LogP contribution in [0.2, 0.25) is 10.0 Å². The molecule has 0 aliphatic heterocycles. The van der Waals surface area contributed by atoms with E-state index in [0.717, 1.165) is 5.52 Å². The molecular formula is C23H18Cl2N2O3. The van der Waals surface area contributed by atoms with Crippen LogP contribution in [-0.4, -0.2) is 16.5 Å². The van der Waals surface area contributed by atoms with Crippen molar-refractivity contribution in [3.8, 4) is 17.2 Å². The average molecular weight is 441 g/mol. The lowest BCUT2D eigenvalue weighted by atomic mass is 10.1. The Morgan fingerprint density at radius 2 is 1.77 bits per heavy atom. The van der Waals surface area contributed by atoms with E-state index in [4.69, 9.17) is 32.4 Å². The predicted molar refractivity (Wildman–Crippen MR) is 119 cm³/mol. The first-order chi connectivity index (χ1) is 14.3. The summed E-state index contributed by atoms with van der Waals surface area (Å²) >= 11 is 12.3. The second-order valence-corrected chi connectivity index (χ2v) is 8.05. The molecule has 0 aliphatic rings. The van der Waals surface area contributed by atoms with Gasteiger partial charge in [0.25, 0.3) is 5.91 Å². The molecule has 0 spiro atoms. The molecule has 1 aromatic heterocycles. The number of carbonyl (C=O) groups is 1. The number of anilines is 1. The van der Waals surface area contributed by atoms with E-state index in [1.165, 1.54) is 0 Å². The highest BCUT2D eigenvalue weighted by Gasteiger charge is 2.30. The first-order valence-electron chi connectivity index (χ1n) is 9.23. The standard InChI is InChI=1S/C23H18Cl2N2O3/c1-23(2,30-16-10-7-14(24)8-11-16)22(28)26-15-9-12-18(25)17(13-15)21-27-19-5-3-4-6-20(19)29-21/h3-13H,1-2H3,(H,26,28). The fourth-order valence-electron chi connectivity index (χ4n) is 2.88. The van der Waals surface area contributed by atoms with Crippen molar-refractivity contribution in [1.29, 1.82) is 0 Å². The Balaban J connectivity index is 1.56. The van der Waals surface area contributed by atoms with Gasteiger partial charge >= 0.3 is 0 Å². The smallest absolute Gasteiger partial charge is 0.267 e. The Kier molecular flexibility index (Phi) is 5.41. The lowest BCUT2D eigenvalue weighted by molar-refractivity contribution is -0.128. The summed E-state index contributed by atoms with van der Waals surface area (Å²) in [5.41, 5.74) is 1.41. The second-order valence-electron chi connectivity index (χ2n) is 7.20. The minimum absolute atomic E-state index is 0.316. The average Bonchev–Trinajstić information content (AvgIpc) is 3.15. The Hall–Kier alpha value is -3.02. The number of ether oxygens (including phenoxy) is 1. The molecule has 5 nitrogen and oxygen atoms in total. The van der Waals surface area contributed by atoms with Gasteiger partial charge in [0, 0.05) is 10.7 Å². The SMILES string of the molecule is CC(C)(Oc1ccc(Cl)cc1)C(=O)Nc1ccc(Cl)c(-c2nc3ccccc3o2)c1. The molecular weight excluding hydrogens is 423 g/mol. The van der Waals surface area contributed by atoms with Gasteiger partial charge in [0.05, 0.1) is 10.6 Å². The van der Waals surface area contributed by atoms with Crippen LogP contribution in [0.4, 0.5) is 5.69 Å². The van der Waals surface area contributed by atoms with Crippen molar-refractivity contribution in [3.05, 3.63) is 76.8 Å². The van der Waals surface area contributed by atoms with Crippen LogP contribution < -0.4 is 10.1 Å². The Bertz CT molecular complexity index is 1180. The summed E-state index contributed by atoms with van der Waals surface area (Å²) in [6, 6.07) is 19.4. The van der Waals surface area contributed by atoms with Gasteiger partial charge in [0.2, 0.25) is 5.89 Å². The van der Waals surface area contributed by atoms with Crippen molar-refractivity contribution in [1.82, 2.24) is 4.98 Å². The summed E-state index contributed by atoms with van der Waals surface area (Å²) in [6.45, 7) is 3.38. The Labute approximate surface area is 183 Å². The summed E-state index contributed by atoms with van der Waals surface area (Å²) in [7, 11) is 0. The fraction of sp³-hybridized carbons (Fsp3) is 0.130. The number of amides is 1. The van der Waals surface area contributed by atoms with Crippen molar-refractivity contribution >= 4 is 45.9 Å². The highest BCUT2D eigenvalue weighted by molar-refractivity contribution is 6.33. The summed E-state index contributed by atoms with van der Waals surface area (Å²) in [5, 5.41) is 3.93. The van der Waals surface area contributed by atoms with Crippen LogP contribution in [0.1, 0.15) is 13.8 Å². The van der Waals surface area contributed by atoms with E-state index < -0.39 is 5.60 Å². The third-order valence-corrected chi connectivity index (χ3v) is 5.06. The molecule has 0 bridgehead atoms. The minimum Gasteiger partial charge on any atom is -0.478 e. The minimum atomic E-state index is -1.12. The van der Waals surface area contributed by atoms with Crippen LogP contribution in [0.15, 0.2) is 71.1 Å². The first kappa shape index (κ1) is 20.3. The lowest BCUT2D eigenvalue weighted by Gasteiger charge is -2.25. The van der Waals surface area contributed by atoms with E-state index in [2.05, 4.69) is 10.3 Å². The van der Waals surface area contributed by atoms with Gasteiger partial charge in [-0.15, -0.1) is 0 Å². The third kappa shape index (κ3) is 4.27. The zero-order valence-corrected chi connectivity index (χ0v) is 17.8. The largest absolute Gasteiger partial charge is 0.478 e. The molecule has 30 heavy (non-hydrogen) atoms. The van der Waals surface area contributed by atoms with E-state index >= 15 is 0 Å². The van der Waals surface area contributed by atoms with Crippen molar-refractivity contribution in [2.24, 2.45) is 0 Å². The highest BCUT2D eigenvalue weighted by Crippen LogP contribution is 2.32. The number of nitrogens with one attached hydrogen (secondary N) is 1. The van der Waals surface area contributed by atoms with Gasteiger partial charge in [-0.1, -0.05) is 35.3 Å². The molecule has 1 heterocycles. The zero-order chi connectivity index (χ0) is 21.3. The maximum atomic E-state index is 12.8. The van der Waals surface area contributed by atoms with E-state index in [-0.39, 0.29) is 5.91 Å². The lowest BCUT2D eigenvalue weighted by Crippen LogP contribution is -2.42. The van der Waals surface area contributed by atoms with Crippen LogP contribution in [0.5, 0.6) is 5.75 Å². The van der Waals surface area contributed by atoms with Gasteiger partial charge in [0.1, 0.15) is 11.3 Å². The van der Waals surface area contributed by atoms with E-state index in [9.17, 15) is 4.79 Å². The molecule has 0 aliphatic carbocycles. The number of carbonyl (C=O) groups excluding carboxylic acids is 1. The van der Waals surface area contributed by atoms with Crippen LogP contribution in [-0.2, 0) is 4.79 Å². The molecule has 152 valence electrons. The van der Waals surface area contributed by atoms with Crippen LogP contribution >= 0.6 is 23.2 Å². The van der Waals surface area contributed by atoms with Gasteiger partial charge in [0.15, 0.2) is 11.2 Å². The first-order valence-corrected chi connectivity index (χ1v) is 9.99. The van der Waals surface area contributed by atoms with Crippen LogP contribution in [0, 0.1) is 0 Å². The summed E-state index contributed by atoms with van der Waals surface area (Å²) < 4.78 is 11.6. The molecule has 0 unspecified atom stereocenters. The molecule has 0 fully saturated rings. The number of nitrogens with zero attached hydrogens (tertiary/aromatic N) is 1. The molecule has 4 rings (SSSR count). The number of hydrogen-bond donors (Lipinski definition) is 1. The molecule has 3 aromatic carbocycles. The van der Waals surface area contributed by atoms with Crippen LogP contribution in [0.25, 0.3) is 22.6 Å². The third-order valence-electron chi connectivity index (χ3n) is 4.48. The number of oxazole rings is 1. The predicted octanol–water partition coefficient (Wildman–Crippen LogP) is 6.60. The van der Waals surface area contributed by atoms with Crippen molar-refractivity contribution in [3.63, 3.8) is 0 Å². The van der Waals surface area contributed by atoms with Crippen molar-refractivity contribution < 1.29 is 13.9 Å². The summed E-state index contributed by atoms with van der Waals surface area (Å²) in [4.78, 5) is 17.3. The van der Waals surface area contributed by atoms with Crippen LogP contribution in [0.3, 0.4) is 0 Å². The number of para-hydroxylation sites is 2. The number of hydrogen-bond acceptors (Lipinski definition) is 4. The normalized spacial score (nSPS) is 11.5. The molecule has 1 N–H and O–H groups in total. The number of halogens is 2. The quantitative estimate of drug-likeness (QED) is 0.379. The second kappa shape index (κ2) is 8.01. The number of aromatic nitrogens is 1. The molecule has 0 atom stereocenters. The molecule has 4 aromatic rings. The van der Waals surface area contributed by atoms with Crippen molar-refractivity contribution in [2.75, 3.05) is 5.32 Å². The number of fused-ring (bicyclic) bond motifs is 1. The topological polar surface area (TPSA) is 64.4 Å². The highest BCUT2D eigenvalue weighted by atomic mass is 35.5. The van der Waals surface area contributed by atoms with Gasteiger partial charge in [-0.3, -0.25) is 4.79 Å². The Morgan fingerprint density at radius 1 is 1.03 bits per heavy atom. The van der Waals surface area contributed by atoms with Gasteiger partial charge in [-0.2, -0.15) is 0 Å². The molecule has 7 heteroatoms.